The molecule has 0 spiro atoms. The quantitative estimate of drug-likeness (QED) is 0.742. The number of nitrogens with zero attached hydrogens (tertiary/aromatic N) is 3. The highest BCUT2D eigenvalue weighted by atomic mass is 32.2. The van der Waals surface area contributed by atoms with E-state index >= 15 is 0 Å². The first kappa shape index (κ1) is 15.9. The monoisotopic (exact) mass is 348 g/mol. The van der Waals surface area contributed by atoms with Crippen molar-refractivity contribution in [1.82, 2.24) is 19.5 Å². The molecule has 0 fully saturated rings. The Labute approximate surface area is 138 Å². The molecule has 1 aromatic carbocycles. The summed E-state index contributed by atoms with van der Waals surface area (Å²) < 4.78 is 28.8. The van der Waals surface area contributed by atoms with Gasteiger partial charge in [-0.15, -0.1) is 11.3 Å². The number of benzene rings is 1. The minimum Gasteiger partial charge on any atom is -0.248 e. The molecule has 23 heavy (non-hydrogen) atoms. The molecule has 0 bridgehead atoms. The molecule has 0 unspecified atom stereocenters. The molecule has 0 atom stereocenters. The van der Waals surface area contributed by atoms with E-state index in [4.69, 9.17) is 0 Å². The van der Waals surface area contributed by atoms with E-state index in [0.29, 0.717) is 0 Å². The second kappa shape index (κ2) is 6.61. The third kappa shape index (κ3) is 3.66. The van der Waals surface area contributed by atoms with Gasteiger partial charge in [0.25, 0.3) is 0 Å². The third-order valence-corrected chi connectivity index (χ3v) is 5.75. The number of aryl methyl sites for hydroxylation is 1. The van der Waals surface area contributed by atoms with Crippen molar-refractivity contribution >= 4 is 21.4 Å². The zero-order valence-electron chi connectivity index (χ0n) is 12.5. The van der Waals surface area contributed by atoms with E-state index in [-0.39, 0.29) is 11.4 Å². The molecule has 0 aliphatic heterocycles. The molecule has 3 rings (SSSR count). The maximum Gasteiger partial charge on any atom is 0.244 e. The molecule has 1 N–H and O–H groups in total. The molecule has 0 aliphatic rings. The normalized spacial score (nSPS) is 11.7. The highest BCUT2D eigenvalue weighted by Crippen LogP contribution is 2.15. The van der Waals surface area contributed by atoms with E-state index in [1.165, 1.54) is 28.4 Å². The van der Waals surface area contributed by atoms with Crippen LogP contribution in [-0.4, -0.2) is 23.2 Å². The Morgan fingerprint density at radius 3 is 2.70 bits per heavy atom. The largest absolute Gasteiger partial charge is 0.248 e. The first-order valence-electron chi connectivity index (χ1n) is 7.12. The van der Waals surface area contributed by atoms with Gasteiger partial charge in [-0.25, -0.2) is 22.8 Å². The van der Waals surface area contributed by atoms with Crippen molar-refractivity contribution in [2.45, 2.75) is 24.8 Å². The van der Waals surface area contributed by atoms with Crippen LogP contribution in [0.3, 0.4) is 0 Å². The molecule has 0 amide bonds. The summed E-state index contributed by atoms with van der Waals surface area (Å²) in [6.07, 6.45) is 5.52. The summed E-state index contributed by atoms with van der Waals surface area (Å²) in [5.74, 6) is 0. The molecular formula is C15H16N4O2S2. The molecule has 0 saturated carbocycles. The van der Waals surface area contributed by atoms with Gasteiger partial charge in [0.1, 0.15) is 9.90 Å². The molecule has 3 aromatic rings. The van der Waals surface area contributed by atoms with Crippen molar-refractivity contribution < 1.29 is 8.42 Å². The van der Waals surface area contributed by atoms with Gasteiger partial charge in [-0.3, -0.25) is 0 Å². The second-order valence-corrected chi connectivity index (χ2v) is 7.82. The Balaban J connectivity index is 1.74. The molecular weight excluding hydrogens is 332 g/mol. The van der Waals surface area contributed by atoms with Gasteiger partial charge in [0.2, 0.25) is 10.0 Å². The van der Waals surface area contributed by atoms with Crippen LogP contribution in [-0.2, 0) is 23.0 Å². The lowest BCUT2D eigenvalue weighted by Crippen LogP contribution is -2.22. The van der Waals surface area contributed by atoms with Crippen LogP contribution in [0.4, 0.5) is 0 Å². The van der Waals surface area contributed by atoms with Crippen molar-refractivity contribution in [2.75, 3.05) is 0 Å². The lowest BCUT2D eigenvalue weighted by atomic mass is 10.3. The minimum atomic E-state index is -3.61. The fourth-order valence-corrected chi connectivity index (χ4v) is 3.81. The maximum absolute atomic E-state index is 12.3. The lowest BCUT2D eigenvalue weighted by molar-refractivity contribution is 0.581. The van der Waals surface area contributed by atoms with Gasteiger partial charge in [0, 0.05) is 11.1 Å². The number of thiazole rings is 1. The SMILES string of the molecule is CCc1cnc(CNS(=O)(=O)c2cnn(-c3ccccc3)c2)s1. The van der Waals surface area contributed by atoms with Crippen LogP contribution in [0.5, 0.6) is 0 Å². The van der Waals surface area contributed by atoms with Crippen molar-refractivity contribution in [3.05, 3.63) is 58.8 Å². The molecule has 120 valence electrons. The van der Waals surface area contributed by atoms with Gasteiger partial charge >= 0.3 is 0 Å². The van der Waals surface area contributed by atoms with Gasteiger partial charge in [0.15, 0.2) is 0 Å². The van der Waals surface area contributed by atoms with Crippen molar-refractivity contribution in [2.24, 2.45) is 0 Å². The van der Waals surface area contributed by atoms with Crippen LogP contribution in [0.2, 0.25) is 0 Å². The van der Waals surface area contributed by atoms with Crippen molar-refractivity contribution in [3.63, 3.8) is 0 Å². The molecule has 6 nitrogen and oxygen atoms in total. The van der Waals surface area contributed by atoms with Crippen molar-refractivity contribution in [1.29, 1.82) is 0 Å². The van der Waals surface area contributed by atoms with E-state index in [1.54, 1.807) is 6.20 Å². The summed E-state index contributed by atoms with van der Waals surface area (Å²) in [6, 6.07) is 9.36. The van der Waals surface area contributed by atoms with Crippen LogP contribution in [0.15, 0.2) is 53.8 Å². The number of hydrogen-bond donors (Lipinski definition) is 1. The first-order valence-corrected chi connectivity index (χ1v) is 9.42. The summed E-state index contributed by atoms with van der Waals surface area (Å²) >= 11 is 1.51. The van der Waals surface area contributed by atoms with Crippen LogP contribution in [0.1, 0.15) is 16.8 Å². The Morgan fingerprint density at radius 1 is 1.22 bits per heavy atom. The first-order chi connectivity index (χ1) is 11.1. The van der Waals surface area contributed by atoms with Gasteiger partial charge in [-0.2, -0.15) is 5.10 Å². The highest BCUT2D eigenvalue weighted by molar-refractivity contribution is 7.89. The number of para-hydroxylation sites is 1. The highest BCUT2D eigenvalue weighted by Gasteiger charge is 2.17. The standard InChI is InChI=1S/C15H16N4O2S2/c1-2-13-8-16-15(22-13)10-18-23(20,21)14-9-17-19(11-14)12-6-4-3-5-7-12/h3-9,11,18H,2,10H2,1H3. The lowest BCUT2D eigenvalue weighted by Gasteiger charge is -2.02. The Kier molecular flexibility index (Phi) is 4.56. The molecule has 0 aliphatic carbocycles. The number of hydrogen-bond acceptors (Lipinski definition) is 5. The zero-order chi connectivity index (χ0) is 16.3. The molecule has 0 radical (unpaired) electrons. The van der Waals surface area contributed by atoms with E-state index in [2.05, 4.69) is 14.8 Å². The number of rotatable bonds is 6. The number of aromatic nitrogens is 3. The topological polar surface area (TPSA) is 76.9 Å². The Bertz CT molecular complexity index is 885. The summed E-state index contributed by atoms with van der Waals surface area (Å²) in [4.78, 5) is 5.48. The predicted octanol–water partition coefficient (Wildman–Crippen LogP) is 2.37. The summed E-state index contributed by atoms with van der Waals surface area (Å²) in [5, 5.41) is 4.86. The van der Waals surface area contributed by atoms with Crippen molar-refractivity contribution in [3.8, 4) is 5.69 Å². The fraction of sp³-hybridized carbons (Fsp3) is 0.200. The summed E-state index contributed by atoms with van der Waals surface area (Å²) in [6.45, 7) is 2.23. The van der Waals surface area contributed by atoms with E-state index in [0.717, 1.165) is 22.0 Å². The molecule has 0 saturated heterocycles. The predicted molar refractivity (Wildman–Crippen MR) is 89.1 cm³/mol. The summed E-state index contributed by atoms with van der Waals surface area (Å²) in [7, 11) is -3.61. The Hall–Kier alpha value is -2.03. The Morgan fingerprint density at radius 2 is 2.00 bits per heavy atom. The zero-order valence-corrected chi connectivity index (χ0v) is 14.1. The van der Waals surface area contributed by atoms with Crippen LogP contribution in [0.25, 0.3) is 5.69 Å². The van der Waals surface area contributed by atoms with Gasteiger partial charge in [-0.05, 0) is 18.6 Å². The van der Waals surface area contributed by atoms with Crippen LogP contribution in [0, 0.1) is 0 Å². The molecule has 2 heterocycles. The van der Waals surface area contributed by atoms with Gasteiger partial charge < -0.3 is 0 Å². The second-order valence-electron chi connectivity index (χ2n) is 4.85. The average Bonchev–Trinajstić information content (AvgIpc) is 3.23. The maximum atomic E-state index is 12.3. The van der Waals surface area contributed by atoms with E-state index in [1.807, 2.05) is 37.3 Å². The fourth-order valence-electron chi connectivity index (χ4n) is 2.00. The van der Waals surface area contributed by atoms with Gasteiger partial charge in [-0.1, -0.05) is 25.1 Å². The van der Waals surface area contributed by atoms with Gasteiger partial charge in [0.05, 0.1) is 24.6 Å². The average molecular weight is 348 g/mol. The third-order valence-electron chi connectivity index (χ3n) is 3.25. The smallest absolute Gasteiger partial charge is 0.244 e. The molecule has 8 heteroatoms. The van der Waals surface area contributed by atoms with Crippen LogP contribution < -0.4 is 4.72 Å². The van der Waals surface area contributed by atoms with Crippen LogP contribution >= 0.6 is 11.3 Å². The number of sulfonamides is 1. The van der Waals surface area contributed by atoms with E-state index < -0.39 is 10.0 Å². The number of nitrogens with one attached hydrogen (secondary N) is 1. The summed E-state index contributed by atoms with van der Waals surface area (Å²) in [5.41, 5.74) is 0.807. The molecule has 2 aromatic heterocycles. The van der Waals surface area contributed by atoms with E-state index in [9.17, 15) is 8.42 Å². The minimum absolute atomic E-state index is 0.133.